The molecule has 0 aromatic heterocycles. The number of amides is 1. The van der Waals surface area contributed by atoms with E-state index in [9.17, 15) is 9.59 Å². The molecule has 182 valence electrons. The van der Waals surface area contributed by atoms with Crippen LogP contribution in [0.15, 0.2) is 60.7 Å². The van der Waals surface area contributed by atoms with Crippen molar-refractivity contribution in [2.24, 2.45) is 0 Å². The summed E-state index contributed by atoms with van der Waals surface area (Å²) in [6, 6.07) is 18.4. The van der Waals surface area contributed by atoms with Gasteiger partial charge in [-0.05, 0) is 28.8 Å². The third-order valence-electron chi connectivity index (χ3n) is 5.38. The van der Waals surface area contributed by atoms with Crippen molar-refractivity contribution in [2.45, 2.75) is 19.7 Å². The predicted octanol–water partition coefficient (Wildman–Crippen LogP) is 6.96. The maximum Gasteiger partial charge on any atom is 0.337 e. The van der Waals surface area contributed by atoms with Gasteiger partial charge in [0.15, 0.2) is 5.75 Å². The van der Waals surface area contributed by atoms with E-state index in [1.807, 2.05) is 78.8 Å². The molecule has 0 saturated carbocycles. The molecule has 0 atom stereocenters. The van der Waals surface area contributed by atoms with Crippen molar-refractivity contribution in [1.82, 2.24) is 4.90 Å². The summed E-state index contributed by atoms with van der Waals surface area (Å²) in [5.41, 5.74) is 3.62. The summed E-state index contributed by atoms with van der Waals surface area (Å²) in [7, 11) is 3.61. The van der Waals surface area contributed by atoms with Gasteiger partial charge in [0.2, 0.25) is 0 Å². The van der Waals surface area contributed by atoms with E-state index in [0.717, 1.165) is 35.1 Å². The Morgan fingerprint density at radius 1 is 0.914 bits per heavy atom. The first kappa shape index (κ1) is 26.2. The molecule has 35 heavy (non-hydrogen) atoms. The molecule has 4 rings (SSSR count). The van der Waals surface area contributed by atoms with Crippen molar-refractivity contribution in [3.63, 3.8) is 0 Å². The minimum Gasteiger partial charge on any atom is -0.488 e. The number of fused-ring (bicyclic) bond motifs is 1. The summed E-state index contributed by atoms with van der Waals surface area (Å²) in [5.74, 6) is 0.586. The summed E-state index contributed by atoms with van der Waals surface area (Å²) in [6.45, 7) is 1.05. The molecule has 3 aromatic carbocycles. The second-order valence-corrected chi connectivity index (χ2v) is 10.2. The van der Waals surface area contributed by atoms with Crippen LogP contribution in [0, 0.1) is 0 Å². The Kier molecular flexibility index (Phi) is 9.30. The molecule has 1 heterocycles. The molecular weight excluding hydrogens is 716 g/mol. The van der Waals surface area contributed by atoms with Gasteiger partial charge in [0.25, 0.3) is 5.91 Å². The lowest BCUT2D eigenvalue weighted by Crippen LogP contribution is -2.26. The average molecular weight is 735 g/mol. The molecule has 0 bridgehead atoms. The minimum absolute atomic E-state index is 0.238. The molecule has 0 spiro atoms. The fraction of sp³-hybridized carbons (Fsp3) is 0.167. The number of carbonyl (C=O) groups is 2. The van der Waals surface area contributed by atoms with Crippen molar-refractivity contribution >= 4 is 72.7 Å². The third-order valence-corrected chi connectivity index (χ3v) is 6.95. The van der Waals surface area contributed by atoms with Gasteiger partial charge in [0, 0.05) is 67.6 Å². The molecule has 0 aliphatic carbocycles. The summed E-state index contributed by atoms with van der Waals surface area (Å²) in [5, 5.41) is 0. The van der Waals surface area contributed by atoms with Gasteiger partial charge in [-0.3, -0.25) is 4.79 Å². The van der Waals surface area contributed by atoms with Gasteiger partial charge < -0.3 is 22.7 Å². The normalized spacial score (nSPS) is 12.1. The molecule has 0 N–H and O–H groups in total. The molecule has 7 nitrogen and oxygen atoms in total. The summed E-state index contributed by atoms with van der Waals surface area (Å²) >= 11 is 4.03. The molecule has 0 radical (unpaired) electrons. The van der Waals surface area contributed by atoms with Crippen LogP contribution in [0.2, 0.25) is 0 Å². The van der Waals surface area contributed by atoms with Crippen LogP contribution in [-0.4, -0.2) is 23.9 Å². The second kappa shape index (κ2) is 12.4. The minimum atomic E-state index is -0.410. The predicted molar refractivity (Wildman–Crippen MR) is 153 cm³/mol. The quantitative estimate of drug-likeness (QED) is 0.133. The Morgan fingerprint density at radius 2 is 1.63 bits per heavy atom. The van der Waals surface area contributed by atoms with E-state index in [0.29, 0.717) is 41.5 Å². The van der Waals surface area contributed by atoms with E-state index >= 15 is 0 Å². The number of halogens is 2. The number of nitrogens with zero attached hydrogens (tertiary/aromatic N) is 1. The fourth-order valence-electron chi connectivity index (χ4n) is 3.75. The van der Waals surface area contributed by atoms with Crippen LogP contribution in [0.1, 0.15) is 37.4 Å². The van der Waals surface area contributed by atoms with Crippen LogP contribution in [-0.2, 0) is 24.4 Å². The maximum absolute atomic E-state index is 13.8. The van der Waals surface area contributed by atoms with Crippen LogP contribution in [0.25, 0.3) is 0 Å². The van der Waals surface area contributed by atoms with E-state index in [2.05, 4.69) is 0 Å². The number of hydrogen-bond acceptors (Lipinski definition) is 8. The van der Waals surface area contributed by atoms with Crippen LogP contribution in [0.5, 0.6) is 17.2 Å². The second-order valence-electron chi connectivity index (χ2n) is 7.50. The maximum atomic E-state index is 13.8. The van der Waals surface area contributed by atoms with E-state index < -0.39 is 5.97 Å². The molecule has 1 aliphatic rings. The van der Waals surface area contributed by atoms with E-state index in [1.54, 1.807) is 29.2 Å². The number of benzene rings is 3. The smallest absolute Gasteiger partial charge is 0.337 e. The van der Waals surface area contributed by atoms with Crippen molar-refractivity contribution in [3.8, 4) is 17.2 Å². The number of methoxy groups -OCH3 is 1. The zero-order chi connectivity index (χ0) is 24.8. The largest absolute Gasteiger partial charge is 0.488 e. The first-order valence-electron chi connectivity index (χ1n) is 10.3. The van der Waals surface area contributed by atoms with Gasteiger partial charge in [-0.1, -0.05) is 36.4 Å². The van der Waals surface area contributed by atoms with Crippen molar-refractivity contribution < 1.29 is 27.4 Å². The number of esters is 1. The van der Waals surface area contributed by atoms with E-state index in [1.165, 1.54) is 7.11 Å². The Balaban J connectivity index is 1.66. The van der Waals surface area contributed by atoms with Crippen LogP contribution in [0.4, 0.5) is 0 Å². The molecular formula is C24H19I2NO6S2. The topological polar surface area (TPSA) is 74.3 Å². The van der Waals surface area contributed by atoms with Gasteiger partial charge in [-0.15, -0.1) is 0 Å². The van der Waals surface area contributed by atoms with Gasteiger partial charge in [-0.25, -0.2) is 4.79 Å². The molecule has 0 saturated heterocycles. The van der Waals surface area contributed by atoms with E-state index in [4.69, 9.17) is 17.8 Å². The number of rotatable bonds is 9. The molecule has 1 aliphatic heterocycles. The SMILES string of the molecule is COC(=O)c1ccc2c(c1)CN(C(=O)c1c(OCc3ccccc3)cc(OSI)cc1OSI)C2. The van der Waals surface area contributed by atoms with Crippen LogP contribution in [0.3, 0.4) is 0 Å². The summed E-state index contributed by atoms with van der Waals surface area (Å²) in [6.07, 6.45) is 0. The molecule has 0 unspecified atom stereocenters. The number of hydrogen-bond donors (Lipinski definition) is 0. The van der Waals surface area contributed by atoms with Crippen molar-refractivity contribution in [1.29, 1.82) is 0 Å². The number of ether oxygens (including phenoxy) is 2. The molecule has 0 fully saturated rings. The van der Waals surface area contributed by atoms with Crippen LogP contribution >= 0.6 is 60.8 Å². The monoisotopic (exact) mass is 735 g/mol. The number of carbonyl (C=O) groups excluding carboxylic acids is 2. The fourth-order valence-corrected chi connectivity index (χ4v) is 5.32. The molecule has 1 amide bonds. The highest BCUT2D eigenvalue weighted by Gasteiger charge is 2.31. The zero-order valence-corrected chi connectivity index (χ0v) is 24.3. The Labute approximate surface area is 235 Å². The highest BCUT2D eigenvalue weighted by molar-refractivity contribution is 14.2. The highest BCUT2D eigenvalue weighted by atomic mass is 127. The third kappa shape index (κ3) is 6.30. The Hall–Kier alpha value is -1.84. The summed E-state index contributed by atoms with van der Waals surface area (Å²) in [4.78, 5) is 27.4. The lowest BCUT2D eigenvalue weighted by Gasteiger charge is -2.21. The van der Waals surface area contributed by atoms with Crippen molar-refractivity contribution in [2.75, 3.05) is 7.11 Å². The Morgan fingerprint density at radius 3 is 2.34 bits per heavy atom. The first-order chi connectivity index (χ1) is 17.0. The Bertz CT molecular complexity index is 1230. The molecule has 11 heteroatoms. The van der Waals surface area contributed by atoms with Gasteiger partial charge >= 0.3 is 5.97 Å². The lowest BCUT2D eigenvalue weighted by atomic mass is 10.1. The standard InChI is InChI=1S/C24H19I2NO6S2/c1-30-24(29)16-7-8-17-12-27(13-18(17)9-16)23(28)22-20(31-14-15-5-3-2-4-6-15)10-19(32-34-25)11-21(22)33-35-26/h2-11H,12-14H2,1H3. The van der Waals surface area contributed by atoms with Crippen LogP contribution < -0.4 is 13.1 Å². The average Bonchev–Trinajstić information content (AvgIpc) is 3.31. The van der Waals surface area contributed by atoms with Gasteiger partial charge in [0.1, 0.15) is 42.1 Å². The lowest BCUT2D eigenvalue weighted by molar-refractivity contribution is 0.0600. The van der Waals surface area contributed by atoms with E-state index in [-0.39, 0.29) is 12.5 Å². The van der Waals surface area contributed by atoms with Crippen molar-refractivity contribution in [3.05, 3.63) is 88.5 Å². The first-order valence-corrected chi connectivity index (χ1v) is 16.9. The van der Waals surface area contributed by atoms with Gasteiger partial charge in [0.05, 0.1) is 12.7 Å². The zero-order valence-electron chi connectivity index (χ0n) is 18.4. The van der Waals surface area contributed by atoms with Gasteiger partial charge in [-0.2, -0.15) is 0 Å². The summed E-state index contributed by atoms with van der Waals surface area (Å²) < 4.78 is 22.3. The highest BCUT2D eigenvalue weighted by Crippen LogP contribution is 2.40. The molecule has 3 aromatic rings.